The van der Waals surface area contributed by atoms with Gasteiger partial charge in [0.05, 0.1) is 4.90 Å². The van der Waals surface area contributed by atoms with Crippen molar-refractivity contribution in [2.45, 2.75) is 38.6 Å². The molecule has 1 N–H and O–H groups in total. The van der Waals surface area contributed by atoms with Crippen LogP contribution in [0.25, 0.3) is 11.0 Å². The van der Waals surface area contributed by atoms with E-state index < -0.39 is 10.0 Å². The third-order valence-electron chi connectivity index (χ3n) is 4.35. The van der Waals surface area contributed by atoms with E-state index in [1.165, 1.54) is 0 Å². The van der Waals surface area contributed by atoms with Gasteiger partial charge in [0.1, 0.15) is 5.65 Å². The van der Waals surface area contributed by atoms with Crippen LogP contribution in [-0.2, 0) is 23.0 Å². The van der Waals surface area contributed by atoms with Crippen LogP contribution in [0, 0.1) is 12.8 Å². The fraction of sp³-hybridized carbons (Fsp3) is 0.350. The highest BCUT2D eigenvalue weighted by molar-refractivity contribution is 7.89. The highest BCUT2D eigenvalue weighted by atomic mass is 32.2. The summed E-state index contributed by atoms with van der Waals surface area (Å²) in [6.07, 6.45) is 4.52. The molecule has 3 aromatic rings. The number of sulfonamides is 1. The second kappa shape index (κ2) is 7.60. The first-order chi connectivity index (χ1) is 12.4. The number of aromatic nitrogens is 2. The van der Waals surface area contributed by atoms with E-state index in [0.717, 1.165) is 28.7 Å². The van der Waals surface area contributed by atoms with Crippen molar-refractivity contribution in [2.75, 3.05) is 6.54 Å². The summed E-state index contributed by atoms with van der Waals surface area (Å²) in [5.74, 6) is 0.514. The Hall–Kier alpha value is -2.18. The average Bonchev–Trinajstić information content (AvgIpc) is 2.92. The molecule has 3 rings (SSSR count). The normalized spacial score (nSPS) is 12.2. The van der Waals surface area contributed by atoms with E-state index in [1.54, 1.807) is 31.3 Å². The van der Waals surface area contributed by atoms with Crippen LogP contribution >= 0.6 is 0 Å². The van der Waals surface area contributed by atoms with Crippen LogP contribution < -0.4 is 4.72 Å². The van der Waals surface area contributed by atoms with E-state index in [4.69, 9.17) is 0 Å². The molecule has 0 aliphatic carbocycles. The molecule has 1 aromatic carbocycles. The van der Waals surface area contributed by atoms with Crippen molar-refractivity contribution in [3.05, 3.63) is 59.9 Å². The zero-order chi connectivity index (χ0) is 18.7. The molecule has 0 atom stereocenters. The first kappa shape index (κ1) is 18.6. The van der Waals surface area contributed by atoms with Crippen LogP contribution in [-0.4, -0.2) is 24.5 Å². The molecule has 2 aromatic heterocycles. The van der Waals surface area contributed by atoms with Gasteiger partial charge in [-0.25, -0.2) is 18.1 Å². The van der Waals surface area contributed by atoms with Gasteiger partial charge in [0.25, 0.3) is 0 Å². The summed E-state index contributed by atoms with van der Waals surface area (Å²) >= 11 is 0. The summed E-state index contributed by atoms with van der Waals surface area (Å²) in [5, 5.41) is 1.09. The second-order valence-electron chi connectivity index (χ2n) is 6.99. The highest BCUT2D eigenvalue weighted by Crippen LogP contribution is 2.21. The zero-order valence-corrected chi connectivity index (χ0v) is 16.3. The second-order valence-corrected chi connectivity index (χ2v) is 8.72. The lowest BCUT2D eigenvalue weighted by Gasteiger charge is -2.09. The average molecular weight is 372 g/mol. The molecule has 0 saturated heterocycles. The number of aryl methyl sites for hydroxylation is 1. The summed E-state index contributed by atoms with van der Waals surface area (Å²) in [5.41, 5.74) is 2.82. The molecule has 0 amide bonds. The minimum Gasteiger partial charge on any atom is -0.332 e. The molecule has 0 saturated carbocycles. The third-order valence-corrected chi connectivity index (χ3v) is 5.97. The molecule has 0 aliphatic rings. The molecule has 26 heavy (non-hydrogen) atoms. The molecular formula is C20H25N3O2S. The maximum Gasteiger partial charge on any atom is 0.240 e. The van der Waals surface area contributed by atoms with Crippen molar-refractivity contribution in [1.29, 1.82) is 0 Å². The molecule has 0 spiro atoms. The number of nitrogens with zero attached hydrogens (tertiary/aromatic N) is 2. The quantitative estimate of drug-likeness (QED) is 0.691. The van der Waals surface area contributed by atoms with Crippen molar-refractivity contribution in [3.63, 3.8) is 0 Å². The molecule has 0 unspecified atom stereocenters. The van der Waals surface area contributed by atoms with Crippen molar-refractivity contribution in [1.82, 2.24) is 14.3 Å². The number of pyridine rings is 1. The van der Waals surface area contributed by atoms with E-state index in [1.807, 2.05) is 18.2 Å². The number of fused-ring (bicyclic) bond motifs is 1. The summed E-state index contributed by atoms with van der Waals surface area (Å²) in [6.45, 7) is 7.39. The predicted octanol–water partition coefficient (Wildman–Crippen LogP) is 3.52. The third kappa shape index (κ3) is 3.97. The molecule has 5 nitrogen and oxygen atoms in total. The Morgan fingerprint density at radius 2 is 1.92 bits per heavy atom. The van der Waals surface area contributed by atoms with Crippen molar-refractivity contribution >= 4 is 21.1 Å². The highest BCUT2D eigenvalue weighted by Gasteiger charge is 2.16. The van der Waals surface area contributed by atoms with Gasteiger partial charge in [-0.05, 0) is 48.6 Å². The predicted molar refractivity (Wildman–Crippen MR) is 105 cm³/mol. The lowest BCUT2D eigenvalue weighted by molar-refractivity contribution is 0.532. The largest absolute Gasteiger partial charge is 0.332 e. The Labute approximate surface area is 155 Å². The molecule has 6 heteroatoms. The van der Waals surface area contributed by atoms with Crippen LogP contribution in [0.2, 0.25) is 0 Å². The minimum atomic E-state index is -3.50. The zero-order valence-electron chi connectivity index (χ0n) is 15.4. The Kier molecular flexibility index (Phi) is 5.44. The lowest BCUT2D eigenvalue weighted by atomic mass is 10.2. The van der Waals surface area contributed by atoms with Crippen molar-refractivity contribution < 1.29 is 8.42 Å². The molecule has 0 bridgehead atoms. The first-order valence-corrected chi connectivity index (χ1v) is 10.3. The van der Waals surface area contributed by atoms with E-state index in [2.05, 4.69) is 34.3 Å². The van der Waals surface area contributed by atoms with Gasteiger partial charge in [-0.15, -0.1) is 0 Å². The molecule has 0 fully saturated rings. The molecule has 2 heterocycles. The minimum absolute atomic E-state index is 0.337. The van der Waals surface area contributed by atoms with Crippen LogP contribution in [0.3, 0.4) is 0 Å². The summed E-state index contributed by atoms with van der Waals surface area (Å²) in [6, 6.07) is 11.0. The van der Waals surface area contributed by atoms with Gasteiger partial charge < -0.3 is 4.57 Å². The Morgan fingerprint density at radius 1 is 1.15 bits per heavy atom. The van der Waals surface area contributed by atoms with Crippen LogP contribution in [0.4, 0.5) is 0 Å². The summed E-state index contributed by atoms with van der Waals surface area (Å²) in [4.78, 5) is 4.83. The van der Waals surface area contributed by atoms with Gasteiger partial charge in [0, 0.05) is 30.9 Å². The van der Waals surface area contributed by atoms with Gasteiger partial charge in [-0.2, -0.15) is 0 Å². The fourth-order valence-electron chi connectivity index (χ4n) is 3.18. The van der Waals surface area contributed by atoms with E-state index in [0.29, 0.717) is 23.8 Å². The van der Waals surface area contributed by atoms with E-state index in [9.17, 15) is 8.42 Å². The lowest BCUT2D eigenvalue weighted by Crippen LogP contribution is -2.26. The van der Waals surface area contributed by atoms with Gasteiger partial charge in [-0.1, -0.05) is 32.0 Å². The maximum atomic E-state index is 12.5. The fourth-order valence-corrected chi connectivity index (χ4v) is 4.46. The monoisotopic (exact) mass is 371 g/mol. The SMILES string of the molecule is Cc1ccccc1S(=O)(=O)NCCc1cn(CC(C)C)c2ncccc12. The summed E-state index contributed by atoms with van der Waals surface area (Å²) < 4.78 is 29.9. The number of benzene rings is 1. The maximum absolute atomic E-state index is 12.5. The topological polar surface area (TPSA) is 64.0 Å². The summed E-state index contributed by atoms with van der Waals surface area (Å²) in [7, 11) is -3.50. The Bertz CT molecular complexity index is 1010. The van der Waals surface area contributed by atoms with Crippen molar-refractivity contribution in [3.8, 4) is 0 Å². The number of hydrogen-bond donors (Lipinski definition) is 1. The number of hydrogen-bond acceptors (Lipinski definition) is 3. The van der Waals surface area contributed by atoms with Gasteiger partial charge in [0.2, 0.25) is 10.0 Å². The van der Waals surface area contributed by atoms with Gasteiger partial charge >= 0.3 is 0 Å². The Morgan fingerprint density at radius 3 is 2.65 bits per heavy atom. The molecular weight excluding hydrogens is 346 g/mol. The van der Waals surface area contributed by atoms with Crippen LogP contribution in [0.1, 0.15) is 25.0 Å². The first-order valence-electron chi connectivity index (χ1n) is 8.86. The van der Waals surface area contributed by atoms with E-state index in [-0.39, 0.29) is 0 Å². The van der Waals surface area contributed by atoms with Gasteiger partial charge in [-0.3, -0.25) is 0 Å². The molecule has 138 valence electrons. The number of nitrogens with one attached hydrogen (secondary N) is 1. The standard InChI is InChI=1S/C20H25N3O2S/c1-15(2)13-23-14-17(18-8-6-11-21-20(18)23)10-12-22-26(24,25)19-9-5-4-7-16(19)3/h4-9,11,14-15,22H,10,12-13H2,1-3H3. The van der Waals surface area contributed by atoms with Crippen LogP contribution in [0.5, 0.6) is 0 Å². The van der Waals surface area contributed by atoms with E-state index >= 15 is 0 Å². The number of rotatable bonds is 7. The molecule has 0 aliphatic heterocycles. The smallest absolute Gasteiger partial charge is 0.240 e. The van der Waals surface area contributed by atoms with Crippen LogP contribution in [0.15, 0.2) is 53.7 Å². The van der Waals surface area contributed by atoms with Crippen molar-refractivity contribution in [2.24, 2.45) is 5.92 Å². The van der Waals surface area contributed by atoms with Gasteiger partial charge in [0.15, 0.2) is 0 Å². The Balaban J connectivity index is 1.77. The molecule has 0 radical (unpaired) electrons.